The number of aromatic nitrogens is 1. The normalized spacial score (nSPS) is 15.9. The molecule has 8 heteroatoms. The number of carbonyl (C=O) groups is 1. The third-order valence-electron chi connectivity index (χ3n) is 4.98. The molecule has 4 nitrogen and oxygen atoms in total. The molecular weight excluding hydrogens is 389 g/mol. The van der Waals surface area contributed by atoms with E-state index in [0.29, 0.717) is 25.9 Å². The van der Waals surface area contributed by atoms with E-state index >= 15 is 0 Å². The molecule has 146 valence electrons. The molecule has 0 saturated carbocycles. The molecule has 1 amide bonds. The molecule has 1 fully saturated rings. The molecule has 2 heterocycles. The van der Waals surface area contributed by atoms with Crippen LogP contribution in [0.3, 0.4) is 0 Å². The quantitative estimate of drug-likeness (QED) is 0.649. The van der Waals surface area contributed by atoms with E-state index in [1.54, 1.807) is 11.3 Å². The van der Waals surface area contributed by atoms with Crippen molar-refractivity contribution in [1.82, 2.24) is 9.88 Å². The first kappa shape index (κ1) is 18.7. The highest BCUT2D eigenvalue weighted by Crippen LogP contribution is 2.37. The Labute approximate surface area is 163 Å². The molecule has 2 aromatic carbocycles. The Morgan fingerprint density at radius 1 is 1.14 bits per heavy atom. The van der Waals surface area contributed by atoms with Crippen molar-refractivity contribution in [3.8, 4) is 5.75 Å². The number of halogens is 3. The fourth-order valence-electron chi connectivity index (χ4n) is 3.52. The number of alkyl halides is 3. The van der Waals surface area contributed by atoms with Gasteiger partial charge in [0.2, 0.25) is 0 Å². The van der Waals surface area contributed by atoms with Gasteiger partial charge >= 0.3 is 6.18 Å². The molecule has 0 aliphatic carbocycles. The predicted octanol–water partition coefficient (Wildman–Crippen LogP) is 5.04. The zero-order valence-electron chi connectivity index (χ0n) is 14.7. The summed E-state index contributed by atoms with van der Waals surface area (Å²) in [6.07, 6.45) is -3.37. The van der Waals surface area contributed by atoms with Crippen LogP contribution in [0, 0.1) is 0 Å². The van der Waals surface area contributed by atoms with Crippen LogP contribution in [-0.4, -0.2) is 34.0 Å². The molecule has 4 rings (SSSR count). The highest BCUT2D eigenvalue weighted by Gasteiger charge is 2.37. The first-order valence-electron chi connectivity index (χ1n) is 8.88. The third-order valence-corrected chi connectivity index (χ3v) is 6.18. The number of para-hydroxylation sites is 1. The van der Waals surface area contributed by atoms with E-state index in [1.807, 2.05) is 24.3 Å². The SMILES string of the molecule is O=C(c1cc(O)ccc1C(F)(F)F)N1CCC(c2nc3ccccc3s2)CC1. The van der Waals surface area contributed by atoms with Crippen LogP contribution in [0.25, 0.3) is 10.2 Å². The van der Waals surface area contributed by atoms with Crippen molar-refractivity contribution < 1.29 is 23.1 Å². The van der Waals surface area contributed by atoms with Gasteiger partial charge in [0.25, 0.3) is 5.91 Å². The largest absolute Gasteiger partial charge is 0.508 e. The summed E-state index contributed by atoms with van der Waals surface area (Å²) in [5.74, 6) is -0.876. The van der Waals surface area contributed by atoms with E-state index in [9.17, 15) is 23.1 Å². The predicted molar refractivity (Wildman–Crippen MR) is 101 cm³/mol. The lowest BCUT2D eigenvalue weighted by Crippen LogP contribution is -2.38. The molecule has 1 aromatic heterocycles. The molecule has 0 unspecified atom stereocenters. The van der Waals surface area contributed by atoms with Crippen LogP contribution < -0.4 is 0 Å². The van der Waals surface area contributed by atoms with Gasteiger partial charge in [-0.25, -0.2) is 4.98 Å². The number of thiazole rings is 1. The first-order chi connectivity index (χ1) is 13.3. The lowest BCUT2D eigenvalue weighted by Gasteiger charge is -2.31. The maximum atomic E-state index is 13.2. The Balaban J connectivity index is 1.51. The highest BCUT2D eigenvalue weighted by atomic mass is 32.1. The van der Waals surface area contributed by atoms with E-state index in [4.69, 9.17) is 0 Å². The van der Waals surface area contributed by atoms with Crippen molar-refractivity contribution in [2.24, 2.45) is 0 Å². The minimum absolute atomic E-state index is 0.188. The fraction of sp³-hybridized carbons (Fsp3) is 0.300. The number of fused-ring (bicyclic) bond motifs is 1. The maximum absolute atomic E-state index is 13.2. The van der Waals surface area contributed by atoms with Gasteiger partial charge in [-0.05, 0) is 43.2 Å². The molecule has 1 aliphatic heterocycles. The number of benzene rings is 2. The smallest absolute Gasteiger partial charge is 0.417 e. The second kappa shape index (κ2) is 7.09. The van der Waals surface area contributed by atoms with Crippen molar-refractivity contribution in [3.05, 3.63) is 58.6 Å². The lowest BCUT2D eigenvalue weighted by atomic mass is 9.96. The van der Waals surface area contributed by atoms with Crippen molar-refractivity contribution in [1.29, 1.82) is 0 Å². The van der Waals surface area contributed by atoms with E-state index in [2.05, 4.69) is 4.98 Å². The summed E-state index contributed by atoms with van der Waals surface area (Å²) in [6, 6.07) is 10.4. The van der Waals surface area contributed by atoms with Crippen LogP contribution in [0.2, 0.25) is 0 Å². The number of piperidine rings is 1. The molecule has 0 radical (unpaired) electrons. The topological polar surface area (TPSA) is 53.4 Å². The number of amides is 1. The van der Waals surface area contributed by atoms with E-state index in [1.165, 1.54) is 4.90 Å². The van der Waals surface area contributed by atoms with Crippen molar-refractivity contribution in [2.45, 2.75) is 24.9 Å². The maximum Gasteiger partial charge on any atom is 0.417 e. The van der Waals surface area contributed by atoms with Gasteiger partial charge in [0, 0.05) is 19.0 Å². The molecule has 0 atom stereocenters. The molecule has 0 spiro atoms. The van der Waals surface area contributed by atoms with Crippen LogP contribution in [0.1, 0.15) is 39.7 Å². The van der Waals surface area contributed by atoms with Gasteiger partial charge in [0.05, 0.1) is 26.4 Å². The molecule has 1 saturated heterocycles. The number of nitrogens with zero attached hydrogens (tertiary/aromatic N) is 2. The summed E-state index contributed by atoms with van der Waals surface area (Å²) >= 11 is 1.62. The molecule has 1 N–H and O–H groups in total. The van der Waals surface area contributed by atoms with E-state index < -0.39 is 23.2 Å². The van der Waals surface area contributed by atoms with Crippen LogP contribution in [0.5, 0.6) is 5.75 Å². The minimum atomic E-state index is -4.65. The third kappa shape index (κ3) is 3.56. The monoisotopic (exact) mass is 406 g/mol. The Morgan fingerprint density at radius 3 is 2.54 bits per heavy atom. The van der Waals surface area contributed by atoms with E-state index in [0.717, 1.165) is 33.4 Å². The van der Waals surface area contributed by atoms with Crippen molar-refractivity contribution >= 4 is 27.5 Å². The summed E-state index contributed by atoms with van der Waals surface area (Å²) in [5, 5.41) is 10.6. The van der Waals surface area contributed by atoms with E-state index in [-0.39, 0.29) is 11.7 Å². The summed E-state index contributed by atoms with van der Waals surface area (Å²) in [5.41, 5.74) is -0.592. The standard InChI is InChI=1S/C20H17F3N2O2S/c21-20(22,23)15-6-5-13(26)11-14(15)19(27)25-9-7-12(8-10-25)18-24-16-3-1-2-4-17(16)28-18/h1-6,11-12,26H,7-10H2. The van der Waals surface area contributed by atoms with Crippen LogP contribution in [-0.2, 0) is 6.18 Å². The molecule has 1 aliphatic rings. The van der Waals surface area contributed by atoms with Gasteiger partial charge < -0.3 is 10.0 Å². The summed E-state index contributed by atoms with van der Waals surface area (Å²) in [6.45, 7) is 0.707. The van der Waals surface area contributed by atoms with Crippen molar-refractivity contribution in [2.75, 3.05) is 13.1 Å². The average molecular weight is 406 g/mol. The molecule has 3 aromatic rings. The van der Waals surface area contributed by atoms with Gasteiger partial charge in [-0.3, -0.25) is 4.79 Å². The summed E-state index contributed by atoms with van der Waals surface area (Å²) < 4.78 is 40.8. The number of aromatic hydroxyl groups is 1. The molecule has 28 heavy (non-hydrogen) atoms. The second-order valence-corrected chi connectivity index (χ2v) is 7.88. The molecule has 0 bridgehead atoms. The average Bonchev–Trinajstić information content (AvgIpc) is 3.11. The summed E-state index contributed by atoms with van der Waals surface area (Å²) in [4.78, 5) is 18.8. The van der Waals surface area contributed by atoms with Gasteiger partial charge in [-0.2, -0.15) is 13.2 Å². The first-order valence-corrected chi connectivity index (χ1v) is 9.69. The number of likely N-dealkylation sites (tertiary alicyclic amines) is 1. The number of carbonyl (C=O) groups excluding carboxylic acids is 1. The fourth-order valence-corrected chi connectivity index (χ4v) is 4.66. The van der Waals surface area contributed by atoms with Gasteiger partial charge in [0.1, 0.15) is 5.75 Å². The number of hydrogen-bond donors (Lipinski definition) is 1. The molecular formula is C20H17F3N2O2S. The number of hydrogen-bond acceptors (Lipinski definition) is 4. The van der Waals surface area contributed by atoms with Crippen LogP contribution >= 0.6 is 11.3 Å². The number of phenolic OH excluding ortho intramolecular Hbond substituents is 1. The minimum Gasteiger partial charge on any atom is -0.508 e. The van der Waals surface area contributed by atoms with Gasteiger partial charge in [0.15, 0.2) is 0 Å². The van der Waals surface area contributed by atoms with Crippen LogP contribution in [0.15, 0.2) is 42.5 Å². The Kier molecular flexibility index (Phi) is 4.74. The Morgan fingerprint density at radius 2 is 1.86 bits per heavy atom. The van der Waals surface area contributed by atoms with Gasteiger partial charge in [-0.1, -0.05) is 12.1 Å². The van der Waals surface area contributed by atoms with Gasteiger partial charge in [-0.15, -0.1) is 11.3 Å². The lowest BCUT2D eigenvalue weighted by molar-refractivity contribution is -0.138. The van der Waals surface area contributed by atoms with Crippen LogP contribution in [0.4, 0.5) is 13.2 Å². The Bertz CT molecular complexity index is 991. The summed E-state index contributed by atoms with van der Waals surface area (Å²) in [7, 11) is 0. The highest BCUT2D eigenvalue weighted by molar-refractivity contribution is 7.18. The number of rotatable bonds is 2. The number of phenols is 1. The zero-order valence-corrected chi connectivity index (χ0v) is 15.6. The van der Waals surface area contributed by atoms with Crippen molar-refractivity contribution in [3.63, 3.8) is 0 Å². The Hall–Kier alpha value is -2.61. The second-order valence-electron chi connectivity index (χ2n) is 6.81. The zero-order chi connectivity index (χ0) is 19.9.